The van der Waals surface area contributed by atoms with Crippen LogP contribution >= 0.6 is 37.2 Å². The third-order valence-electron chi connectivity index (χ3n) is 3.50. The van der Waals surface area contributed by atoms with Crippen LogP contribution < -0.4 is 5.14 Å². The van der Waals surface area contributed by atoms with Crippen molar-refractivity contribution in [2.45, 2.75) is 55.0 Å². The second-order valence-corrected chi connectivity index (χ2v) is 7.54. The maximum Gasteiger partial charge on any atom is 0.206 e. The van der Waals surface area contributed by atoms with E-state index in [4.69, 9.17) is 0 Å². The minimum atomic E-state index is -3.17. The van der Waals surface area contributed by atoms with Gasteiger partial charge in [-0.2, -0.15) is 0 Å². The first-order chi connectivity index (χ1) is 15.2. The van der Waals surface area contributed by atoms with Crippen LogP contribution in [0.4, 0.5) is 0 Å². The van der Waals surface area contributed by atoms with E-state index in [1.807, 2.05) is 70.2 Å². The van der Waals surface area contributed by atoms with Gasteiger partial charge < -0.3 is 4.57 Å². The Morgan fingerprint density at radius 1 is 0.812 bits per heavy atom. The van der Waals surface area contributed by atoms with Gasteiger partial charge in [0.05, 0.1) is 11.9 Å². The number of sulfonamides is 1. The van der Waals surface area contributed by atoms with Crippen LogP contribution in [0.25, 0.3) is 0 Å². The molecule has 0 fully saturated rings. The monoisotopic (exact) mass is 687 g/mol. The standard InChI is InChI=1S/C13H16N2.C6H6.2C2H6.CH5NO2S.I2/c1-10-11(2)15(12(3)14-10)9-13-7-5-4-6-8-13;1-2-4-6-5-3-1;2*1-2;1-5(2,3)4;1-2/h4-8H,9H2,1-3H3;1-6H;2*1-2H3;1H3,(H2,2,3,4);. The van der Waals surface area contributed by atoms with Crippen LogP contribution in [-0.2, 0) is 16.6 Å². The summed E-state index contributed by atoms with van der Waals surface area (Å²) >= 11 is 4.24. The molecule has 2 aromatic carbocycles. The third kappa shape index (κ3) is 20.9. The van der Waals surface area contributed by atoms with Crippen molar-refractivity contribution in [1.82, 2.24) is 9.55 Å². The first-order valence-electron chi connectivity index (χ1n) is 10.3. The minimum absolute atomic E-state index is 0.916. The van der Waals surface area contributed by atoms with Crippen LogP contribution in [0.3, 0.4) is 0 Å². The molecule has 0 radical (unpaired) electrons. The number of imidazole rings is 1. The maximum atomic E-state index is 9.41. The topological polar surface area (TPSA) is 78.0 Å². The summed E-state index contributed by atoms with van der Waals surface area (Å²) in [5, 5.41) is 4.33. The van der Waals surface area contributed by atoms with Crippen molar-refractivity contribution >= 4 is 47.3 Å². The van der Waals surface area contributed by atoms with E-state index in [1.165, 1.54) is 11.3 Å². The summed E-state index contributed by atoms with van der Waals surface area (Å²) in [6, 6.07) is 22.5. The summed E-state index contributed by atoms with van der Waals surface area (Å²) in [7, 11) is -3.17. The number of aryl methyl sites for hydroxylation is 2. The van der Waals surface area contributed by atoms with E-state index in [0.717, 1.165) is 24.3 Å². The number of benzene rings is 2. The first-order valence-corrected chi connectivity index (χ1v) is 18.6. The molecule has 0 amide bonds. The zero-order valence-electron chi connectivity index (χ0n) is 20.5. The number of nitrogens with zero attached hydrogens (tertiary/aromatic N) is 2. The van der Waals surface area contributed by atoms with Crippen molar-refractivity contribution in [3.63, 3.8) is 0 Å². The van der Waals surface area contributed by atoms with Gasteiger partial charge >= 0.3 is 0 Å². The van der Waals surface area contributed by atoms with Gasteiger partial charge in [-0.1, -0.05) is 94.4 Å². The highest BCUT2D eigenvalue weighted by molar-refractivity contribution is 15.0. The van der Waals surface area contributed by atoms with E-state index < -0.39 is 10.0 Å². The molecule has 32 heavy (non-hydrogen) atoms. The summed E-state index contributed by atoms with van der Waals surface area (Å²) in [5.41, 5.74) is 3.71. The van der Waals surface area contributed by atoms with Crippen molar-refractivity contribution in [3.8, 4) is 0 Å². The minimum Gasteiger partial charge on any atom is -0.328 e. The Balaban J connectivity index is -0.000000412. The van der Waals surface area contributed by atoms with E-state index in [9.17, 15) is 8.42 Å². The Morgan fingerprint density at radius 3 is 1.41 bits per heavy atom. The molecule has 0 unspecified atom stereocenters. The van der Waals surface area contributed by atoms with E-state index in [1.54, 1.807) is 0 Å². The van der Waals surface area contributed by atoms with Crippen LogP contribution in [0.1, 0.15) is 50.5 Å². The van der Waals surface area contributed by atoms with Crippen LogP contribution in [0.15, 0.2) is 66.7 Å². The van der Waals surface area contributed by atoms with Gasteiger partial charge in [0.1, 0.15) is 5.82 Å². The van der Waals surface area contributed by atoms with Crippen LogP contribution in [-0.4, -0.2) is 24.2 Å². The average Bonchev–Trinajstić information content (AvgIpc) is 3.05. The Kier molecular flexibility index (Phi) is 25.8. The van der Waals surface area contributed by atoms with Gasteiger partial charge in [0.15, 0.2) is 0 Å². The van der Waals surface area contributed by atoms with Gasteiger partial charge in [-0.05, 0) is 26.3 Å². The molecule has 0 bridgehead atoms. The Hall–Kier alpha value is -0.980. The quantitative estimate of drug-likeness (QED) is 0.288. The van der Waals surface area contributed by atoms with E-state index in [0.29, 0.717) is 0 Å². The highest BCUT2D eigenvalue weighted by Crippen LogP contribution is 2.12. The summed E-state index contributed by atoms with van der Waals surface area (Å²) in [4.78, 5) is 4.47. The fraction of sp³-hybridized carbons (Fsp3) is 0.375. The molecular weight excluding hydrogens is 648 g/mol. The van der Waals surface area contributed by atoms with Crippen LogP contribution in [0, 0.1) is 20.8 Å². The summed E-state index contributed by atoms with van der Waals surface area (Å²) in [5.74, 6) is 1.09. The molecule has 3 aromatic rings. The predicted octanol–water partition coefficient (Wildman–Crippen LogP) is 7.27. The number of nitrogens with two attached hydrogens (primary N) is 1. The molecular formula is C24H39I2N3O2S. The second kappa shape index (κ2) is 23.2. The summed E-state index contributed by atoms with van der Waals surface area (Å²) < 4.78 is 21.1. The molecule has 0 aliphatic carbocycles. The van der Waals surface area contributed by atoms with Gasteiger partial charge in [0.2, 0.25) is 10.0 Å². The van der Waals surface area contributed by atoms with Gasteiger partial charge in [0, 0.05) is 49.5 Å². The fourth-order valence-electron chi connectivity index (χ4n) is 2.21. The lowest BCUT2D eigenvalue weighted by Gasteiger charge is -2.07. The Morgan fingerprint density at radius 2 is 1.12 bits per heavy atom. The summed E-state index contributed by atoms with van der Waals surface area (Å²) in [6.45, 7) is 15.2. The summed E-state index contributed by atoms with van der Waals surface area (Å²) in [6.07, 6.45) is 0.938. The zero-order valence-corrected chi connectivity index (χ0v) is 25.6. The largest absolute Gasteiger partial charge is 0.328 e. The van der Waals surface area contributed by atoms with Crippen molar-refractivity contribution in [2.75, 3.05) is 6.26 Å². The molecule has 8 heteroatoms. The maximum absolute atomic E-state index is 9.41. The lowest BCUT2D eigenvalue weighted by atomic mass is 10.2. The van der Waals surface area contributed by atoms with Gasteiger partial charge in [-0.15, -0.1) is 0 Å². The number of aromatic nitrogens is 2. The van der Waals surface area contributed by atoms with E-state index >= 15 is 0 Å². The smallest absolute Gasteiger partial charge is 0.206 e. The molecule has 5 nitrogen and oxygen atoms in total. The van der Waals surface area contributed by atoms with E-state index in [-0.39, 0.29) is 0 Å². The fourth-order valence-corrected chi connectivity index (χ4v) is 2.21. The van der Waals surface area contributed by atoms with Crippen molar-refractivity contribution in [2.24, 2.45) is 5.14 Å². The van der Waals surface area contributed by atoms with Crippen molar-refractivity contribution < 1.29 is 8.42 Å². The van der Waals surface area contributed by atoms with Crippen LogP contribution in [0.2, 0.25) is 0 Å². The second-order valence-electron chi connectivity index (χ2n) is 5.89. The lowest BCUT2D eigenvalue weighted by molar-refractivity contribution is 0.603. The number of hydrogen-bond acceptors (Lipinski definition) is 3. The van der Waals surface area contributed by atoms with Crippen molar-refractivity contribution in [1.29, 1.82) is 0 Å². The molecule has 1 heterocycles. The van der Waals surface area contributed by atoms with Crippen LogP contribution in [0.5, 0.6) is 0 Å². The molecule has 0 saturated carbocycles. The SMILES string of the molecule is CC.CC.CS(N)(=O)=O.Cc1nc(C)n(Cc2ccccc2)c1C.II.c1ccccc1. The molecule has 1 aromatic heterocycles. The average molecular weight is 687 g/mol. The highest BCUT2D eigenvalue weighted by atomic mass is 128. The van der Waals surface area contributed by atoms with E-state index in [2.05, 4.69) is 97.0 Å². The molecule has 0 saturated heterocycles. The first kappa shape index (κ1) is 35.6. The zero-order chi connectivity index (χ0) is 25.6. The molecule has 0 aliphatic rings. The number of hydrogen-bond donors (Lipinski definition) is 1. The lowest BCUT2D eigenvalue weighted by Crippen LogP contribution is -2.07. The third-order valence-corrected chi connectivity index (χ3v) is 3.50. The number of rotatable bonds is 2. The molecule has 3 rings (SSSR count). The Bertz CT molecular complexity index is 852. The Labute approximate surface area is 219 Å². The molecule has 182 valence electrons. The molecule has 0 spiro atoms. The van der Waals surface area contributed by atoms with Crippen molar-refractivity contribution in [3.05, 3.63) is 89.5 Å². The predicted molar refractivity (Wildman–Crippen MR) is 158 cm³/mol. The molecule has 0 atom stereocenters. The number of primary sulfonamides is 1. The highest BCUT2D eigenvalue weighted by Gasteiger charge is 2.06. The molecule has 0 aliphatic heterocycles. The van der Waals surface area contributed by atoms with Gasteiger partial charge in [-0.25, -0.2) is 18.5 Å². The van der Waals surface area contributed by atoms with Gasteiger partial charge in [0.25, 0.3) is 0 Å². The molecule has 2 N–H and O–H groups in total. The normalized spacial score (nSPS) is 8.84. The van der Waals surface area contributed by atoms with Gasteiger partial charge in [-0.3, -0.25) is 0 Å². The number of halogens is 2.